The van der Waals surface area contributed by atoms with Crippen LogP contribution in [0.25, 0.3) is 0 Å². The molecule has 114 valence electrons. The van der Waals surface area contributed by atoms with Gasteiger partial charge >= 0.3 is 0 Å². The molecule has 1 saturated heterocycles. The zero-order chi connectivity index (χ0) is 14.8. The van der Waals surface area contributed by atoms with Crippen LogP contribution in [-0.2, 0) is 0 Å². The molecular formula is C16H21ClN2O2. The molecule has 0 spiro atoms. The number of carbonyl (C=O) groups excluding carboxylic acids is 1. The third-order valence-electron chi connectivity index (χ3n) is 4.34. The Bertz CT molecular complexity index is 511. The first-order chi connectivity index (χ1) is 10.1. The highest BCUT2D eigenvalue weighted by Crippen LogP contribution is 2.32. The second-order valence-electron chi connectivity index (χ2n) is 6.01. The monoisotopic (exact) mass is 308 g/mol. The molecule has 2 fully saturated rings. The van der Waals surface area contributed by atoms with Crippen molar-refractivity contribution in [2.75, 3.05) is 32.7 Å². The summed E-state index contributed by atoms with van der Waals surface area (Å²) >= 11 is 5.94. The largest absolute Gasteiger partial charge is 0.392 e. The predicted molar refractivity (Wildman–Crippen MR) is 82.5 cm³/mol. The van der Waals surface area contributed by atoms with Crippen LogP contribution in [0.4, 0.5) is 0 Å². The van der Waals surface area contributed by atoms with Gasteiger partial charge in [0.1, 0.15) is 0 Å². The summed E-state index contributed by atoms with van der Waals surface area (Å²) in [6.45, 7) is 3.82. The van der Waals surface area contributed by atoms with E-state index in [4.69, 9.17) is 11.6 Å². The summed E-state index contributed by atoms with van der Waals surface area (Å²) in [7, 11) is 0. The van der Waals surface area contributed by atoms with Crippen molar-refractivity contribution in [1.29, 1.82) is 0 Å². The summed E-state index contributed by atoms with van der Waals surface area (Å²) in [6.07, 6.45) is 2.13. The van der Waals surface area contributed by atoms with Crippen LogP contribution in [0.15, 0.2) is 24.3 Å². The Balaban J connectivity index is 1.51. The van der Waals surface area contributed by atoms with E-state index in [1.54, 1.807) is 24.3 Å². The minimum Gasteiger partial charge on any atom is -0.392 e. The Morgan fingerprint density at radius 1 is 1.29 bits per heavy atom. The van der Waals surface area contributed by atoms with E-state index in [1.165, 1.54) is 0 Å². The maximum absolute atomic E-state index is 12.4. The van der Waals surface area contributed by atoms with Gasteiger partial charge in [0.05, 0.1) is 6.10 Å². The topological polar surface area (TPSA) is 43.8 Å². The van der Waals surface area contributed by atoms with Gasteiger partial charge < -0.3 is 10.0 Å². The van der Waals surface area contributed by atoms with Gasteiger partial charge in [0.25, 0.3) is 5.91 Å². The second-order valence-corrected chi connectivity index (χ2v) is 6.44. The first-order valence-electron chi connectivity index (χ1n) is 7.59. The van der Waals surface area contributed by atoms with Crippen molar-refractivity contribution >= 4 is 17.5 Å². The molecule has 21 heavy (non-hydrogen) atoms. The number of halogens is 1. The number of carbonyl (C=O) groups is 1. The molecule has 1 aliphatic carbocycles. The molecule has 1 heterocycles. The van der Waals surface area contributed by atoms with Crippen molar-refractivity contribution < 1.29 is 9.90 Å². The molecule has 5 heteroatoms. The Morgan fingerprint density at radius 3 is 2.62 bits per heavy atom. The minimum absolute atomic E-state index is 0.0416. The van der Waals surface area contributed by atoms with Crippen molar-refractivity contribution in [3.63, 3.8) is 0 Å². The lowest BCUT2D eigenvalue weighted by molar-refractivity contribution is 0.0488. The van der Waals surface area contributed by atoms with Crippen LogP contribution in [0.5, 0.6) is 0 Å². The lowest BCUT2D eigenvalue weighted by Crippen LogP contribution is -2.50. The molecule has 0 bridgehead atoms. The van der Waals surface area contributed by atoms with E-state index in [0.29, 0.717) is 29.6 Å². The molecule has 0 unspecified atom stereocenters. The van der Waals surface area contributed by atoms with Crippen LogP contribution in [0, 0.1) is 5.92 Å². The van der Waals surface area contributed by atoms with E-state index in [1.807, 2.05) is 4.90 Å². The molecule has 0 radical (unpaired) electrons. The number of benzene rings is 1. The molecule has 0 aromatic heterocycles. The molecule has 2 aliphatic rings. The summed E-state index contributed by atoms with van der Waals surface area (Å²) in [4.78, 5) is 16.5. The van der Waals surface area contributed by atoms with E-state index in [0.717, 1.165) is 32.5 Å². The van der Waals surface area contributed by atoms with Crippen LogP contribution >= 0.6 is 11.6 Å². The number of hydrogen-bond donors (Lipinski definition) is 1. The van der Waals surface area contributed by atoms with E-state index in [-0.39, 0.29) is 12.0 Å². The Morgan fingerprint density at radius 2 is 2.00 bits per heavy atom. The number of rotatable bonds is 4. The summed E-state index contributed by atoms with van der Waals surface area (Å²) in [5.74, 6) is 0.552. The van der Waals surface area contributed by atoms with Gasteiger partial charge in [-0.15, -0.1) is 0 Å². The van der Waals surface area contributed by atoms with E-state index in [2.05, 4.69) is 4.90 Å². The van der Waals surface area contributed by atoms with Gasteiger partial charge in [-0.05, 0) is 37.0 Å². The van der Waals surface area contributed by atoms with Gasteiger partial charge in [-0.1, -0.05) is 17.7 Å². The number of aliphatic hydroxyl groups excluding tert-OH is 1. The number of piperazine rings is 1. The normalized spacial score (nSPS) is 21.3. The SMILES string of the molecule is O=C(c1cccc(Cl)c1)N1CCN(C[C@@H](O)C2CC2)CC1. The summed E-state index contributed by atoms with van der Waals surface area (Å²) in [6, 6.07) is 7.10. The van der Waals surface area contributed by atoms with Gasteiger partial charge in [-0.25, -0.2) is 0 Å². The summed E-state index contributed by atoms with van der Waals surface area (Å²) in [5, 5.41) is 10.6. The standard InChI is InChI=1S/C16H21ClN2O2/c17-14-3-1-2-13(10-14)16(21)19-8-6-18(7-9-19)11-15(20)12-4-5-12/h1-3,10,12,15,20H,4-9,11H2/t15-/m1/s1. The molecule has 1 aliphatic heterocycles. The van der Waals surface area contributed by atoms with Crippen molar-refractivity contribution in [2.45, 2.75) is 18.9 Å². The van der Waals surface area contributed by atoms with Gasteiger partial charge in [-0.3, -0.25) is 9.69 Å². The van der Waals surface area contributed by atoms with Crippen LogP contribution in [0.2, 0.25) is 5.02 Å². The molecule has 3 rings (SSSR count). The summed E-state index contributed by atoms with van der Waals surface area (Å²) in [5.41, 5.74) is 0.647. The lowest BCUT2D eigenvalue weighted by Gasteiger charge is -2.35. The maximum Gasteiger partial charge on any atom is 0.253 e. The lowest BCUT2D eigenvalue weighted by atomic mass is 10.1. The van der Waals surface area contributed by atoms with Crippen LogP contribution in [0.3, 0.4) is 0 Å². The Kier molecular flexibility index (Phi) is 4.48. The van der Waals surface area contributed by atoms with Crippen molar-refractivity contribution in [3.8, 4) is 0 Å². The van der Waals surface area contributed by atoms with Crippen molar-refractivity contribution in [3.05, 3.63) is 34.9 Å². The number of nitrogens with zero attached hydrogens (tertiary/aromatic N) is 2. The van der Waals surface area contributed by atoms with Gasteiger partial charge in [0.2, 0.25) is 0 Å². The quantitative estimate of drug-likeness (QED) is 0.923. The maximum atomic E-state index is 12.4. The fourth-order valence-electron chi connectivity index (χ4n) is 2.83. The van der Waals surface area contributed by atoms with Crippen molar-refractivity contribution in [2.24, 2.45) is 5.92 Å². The highest BCUT2D eigenvalue weighted by atomic mass is 35.5. The molecule has 1 N–H and O–H groups in total. The third kappa shape index (κ3) is 3.76. The number of aliphatic hydroxyl groups is 1. The average Bonchev–Trinajstić information content (AvgIpc) is 3.32. The van der Waals surface area contributed by atoms with E-state index < -0.39 is 0 Å². The van der Waals surface area contributed by atoms with E-state index >= 15 is 0 Å². The highest BCUT2D eigenvalue weighted by molar-refractivity contribution is 6.30. The van der Waals surface area contributed by atoms with Crippen LogP contribution in [0.1, 0.15) is 23.2 Å². The second kappa shape index (κ2) is 6.34. The molecule has 1 amide bonds. The fourth-order valence-corrected chi connectivity index (χ4v) is 3.02. The van der Waals surface area contributed by atoms with Crippen molar-refractivity contribution in [1.82, 2.24) is 9.80 Å². The third-order valence-corrected chi connectivity index (χ3v) is 4.58. The highest BCUT2D eigenvalue weighted by Gasteiger charge is 2.32. The minimum atomic E-state index is -0.194. The van der Waals surface area contributed by atoms with Gasteiger partial charge in [0.15, 0.2) is 0 Å². The number of hydrogen-bond acceptors (Lipinski definition) is 3. The molecule has 1 aromatic rings. The Hall–Kier alpha value is -1.10. The van der Waals surface area contributed by atoms with Crippen LogP contribution < -0.4 is 0 Å². The molecule has 1 atom stereocenters. The molecule has 4 nitrogen and oxygen atoms in total. The zero-order valence-electron chi connectivity index (χ0n) is 12.0. The number of amides is 1. The van der Waals surface area contributed by atoms with E-state index in [9.17, 15) is 9.90 Å². The molecule has 1 aromatic carbocycles. The summed E-state index contributed by atoms with van der Waals surface area (Å²) < 4.78 is 0. The van der Waals surface area contributed by atoms with Gasteiger partial charge in [-0.2, -0.15) is 0 Å². The van der Waals surface area contributed by atoms with Gasteiger partial charge in [0, 0.05) is 43.3 Å². The fraction of sp³-hybridized carbons (Fsp3) is 0.562. The Labute approximate surface area is 130 Å². The first-order valence-corrected chi connectivity index (χ1v) is 7.96. The zero-order valence-corrected chi connectivity index (χ0v) is 12.8. The number of β-amino-alcohol motifs (C(OH)–C–C–N with tert-alkyl or cyclic N) is 1. The molecule has 1 saturated carbocycles. The average molecular weight is 309 g/mol. The molecular weight excluding hydrogens is 288 g/mol. The smallest absolute Gasteiger partial charge is 0.253 e. The predicted octanol–water partition coefficient (Wildman–Crippen LogP) is 1.87. The first kappa shape index (κ1) is 14.8. The van der Waals surface area contributed by atoms with Crippen LogP contribution in [-0.4, -0.2) is 59.6 Å².